The van der Waals surface area contributed by atoms with Gasteiger partial charge in [0.05, 0.1) is 0 Å². The maximum absolute atomic E-state index is 5.72. The standard InChI is InChI=1S/C9H16N2S/c1-3-5-6-7-8(10)9(4-2)12-11/h4-7H,3,10-11H2,1-2H3/b6-5+,8-7+,9-4+. The molecule has 0 aromatic heterocycles. The predicted molar refractivity (Wildman–Crippen MR) is 57.2 cm³/mol. The highest BCUT2D eigenvalue weighted by molar-refractivity contribution is 8.01. The molecule has 0 atom stereocenters. The highest BCUT2D eigenvalue weighted by atomic mass is 32.2. The molecule has 0 aliphatic carbocycles. The molecule has 0 aliphatic rings. The van der Waals surface area contributed by atoms with Gasteiger partial charge >= 0.3 is 0 Å². The molecule has 0 unspecified atom stereocenters. The topological polar surface area (TPSA) is 52.0 Å². The van der Waals surface area contributed by atoms with Crippen molar-refractivity contribution in [1.82, 2.24) is 0 Å². The van der Waals surface area contributed by atoms with Crippen LogP contribution in [-0.2, 0) is 0 Å². The zero-order valence-electron chi connectivity index (χ0n) is 7.58. The van der Waals surface area contributed by atoms with Crippen LogP contribution < -0.4 is 10.9 Å². The van der Waals surface area contributed by atoms with Gasteiger partial charge in [0.15, 0.2) is 0 Å². The Morgan fingerprint density at radius 1 is 1.50 bits per heavy atom. The quantitative estimate of drug-likeness (QED) is 0.520. The van der Waals surface area contributed by atoms with Crippen molar-refractivity contribution in [3.63, 3.8) is 0 Å². The molecule has 0 spiro atoms. The minimum Gasteiger partial charge on any atom is -0.398 e. The molecular formula is C9H16N2S. The Morgan fingerprint density at radius 2 is 2.17 bits per heavy atom. The Labute approximate surface area is 78.5 Å². The van der Waals surface area contributed by atoms with Gasteiger partial charge in [-0.05, 0) is 31.4 Å². The third-order valence-electron chi connectivity index (χ3n) is 1.32. The molecule has 0 aliphatic heterocycles. The predicted octanol–water partition coefficient (Wildman–Crippen LogP) is 2.31. The lowest BCUT2D eigenvalue weighted by atomic mass is 10.3. The fourth-order valence-electron chi connectivity index (χ4n) is 0.693. The van der Waals surface area contributed by atoms with Crippen LogP contribution in [0, 0.1) is 0 Å². The largest absolute Gasteiger partial charge is 0.398 e. The Kier molecular flexibility index (Phi) is 6.61. The first kappa shape index (κ1) is 11.3. The molecule has 0 rings (SSSR count). The highest BCUT2D eigenvalue weighted by Crippen LogP contribution is 2.14. The lowest BCUT2D eigenvalue weighted by molar-refractivity contribution is 1.22. The minimum absolute atomic E-state index is 0.717. The molecule has 4 N–H and O–H groups in total. The Bertz CT molecular complexity index is 205. The molecule has 0 fully saturated rings. The van der Waals surface area contributed by atoms with Crippen LogP contribution in [0.4, 0.5) is 0 Å². The van der Waals surface area contributed by atoms with Crippen LogP contribution in [0.3, 0.4) is 0 Å². The van der Waals surface area contributed by atoms with Crippen molar-refractivity contribution in [2.75, 3.05) is 0 Å². The van der Waals surface area contributed by atoms with E-state index in [1.165, 1.54) is 11.9 Å². The van der Waals surface area contributed by atoms with Crippen LogP contribution in [0.25, 0.3) is 0 Å². The van der Waals surface area contributed by atoms with Gasteiger partial charge < -0.3 is 5.73 Å². The Hall–Kier alpha value is -0.670. The third-order valence-corrected chi connectivity index (χ3v) is 2.05. The van der Waals surface area contributed by atoms with Gasteiger partial charge in [-0.3, -0.25) is 5.14 Å². The fraction of sp³-hybridized carbons (Fsp3) is 0.333. The molecule has 0 aromatic rings. The van der Waals surface area contributed by atoms with Gasteiger partial charge in [0, 0.05) is 10.6 Å². The van der Waals surface area contributed by atoms with E-state index in [1.54, 1.807) is 0 Å². The summed E-state index contributed by atoms with van der Waals surface area (Å²) in [4.78, 5) is 0.913. The van der Waals surface area contributed by atoms with E-state index in [0.717, 1.165) is 17.0 Å². The van der Waals surface area contributed by atoms with E-state index < -0.39 is 0 Å². The second-order valence-corrected chi connectivity index (χ2v) is 2.90. The Balaban J connectivity index is 4.25. The molecule has 0 saturated carbocycles. The second kappa shape index (κ2) is 7.00. The van der Waals surface area contributed by atoms with Gasteiger partial charge in [-0.15, -0.1) is 0 Å². The zero-order chi connectivity index (χ0) is 9.40. The Morgan fingerprint density at radius 3 is 2.58 bits per heavy atom. The first-order valence-electron chi connectivity index (χ1n) is 3.92. The van der Waals surface area contributed by atoms with Gasteiger partial charge in [-0.25, -0.2) is 0 Å². The summed E-state index contributed by atoms with van der Waals surface area (Å²) in [5, 5.41) is 5.39. The number of rotatable bonds is 4. The van der Waals surface area contributed by atoms with Crippen LogP contribution in [0.15, 0.2) is 34.9 Å². The van der Waals surface area contributed by atoms with Crippen molar-refractivity contribution in [1.29, 1.82) is 0 Å². The smallest absolute Gasteiger partial charge is 0.0461 e. The summed E-state index contributed by atoms with van der Waals surface area (Å²) in [5.41, 5.74) is 6.44. The summed E-state index contributed by atoms with van der Waals surface area (Å²) >= 11 is 1.17. The van der Waals surface area contributed by atoms with E-state index >= 15 is 0 Å². The van der Waals surface area contributed by atoms with Crippen molar-refractivity contribution in [3.8, 4) is 0 Å². The van der Waals surface area contributed by atoms with Crippen molar-refractivity contribution in [2.45, 2.75) is 20.3 Å². The molecular weight excluding hydrogens is 168 g/mol. The van der Waals surface area contributed by atoms with Crippen molar-refractivity contribution in [2.24, 2.45) is 10.9 Å². The molecule has 0 bridgehead atoms. The van der Waals surface area contributed by atoms with Crippen LogP contribution >= 0.6 is 11.9 Å². The summed E-state index contributed by atoms with van der Waals surface area (Å²) in [7, 11) is 0. The molecule has 0 heterocycles. The summed E-state index contributed by atoms with van der Waals surface area (Å²) in [6.45, 7) is 3.99. The zero-order valence-corrected chi connectivity index (χ0v) is 8.40. The summed E-state index contributed by atoms with van der Waals surface area (Å²) in [6.07, 6.45) is 8.76. The molecule has 68 valence electrons. The van der Waals surface area contributed by atoms with Gasteiger partial charge in [0.2, 0.25) is 0 Å². The number of hydrogen-bond acceptors (Lipinski definition) is 3. The average Bonchev–Trinajstić information content (AvgIpc) is 2.07. The molecule has 12 heavy (non-hydrogen) atoms. The monoisotopic (exact) mass is 184 g/mol. The molecule has 3 heteroatoms. The number of hydrogen-bond donors (Lipinski definition) is 2. The van der Waals surface area contributed by atoms with Crippen LogP contribution in [0.2, 0.25) is 0 Å². The van der Waals surface area contributed by atoms with Gasteiger partial charge in [0.1, 0.15) is 0 Å². The fourth-order valence-corrected chi connectivity index (χ4v) is 1.03. The minimum atomic E-state index is 0.717. The van der Waals surface area contributed by atoms with Crippen LogP contribution in [0.5, 0.6) is 0 Å². The maximum Gasteiger partial charge on any atom is 0.0461 e. The summed E-state index contributed by atoms with van der Waals surface area (Å²) in [5.74, 6) is 0. The molecule has 0 aromatic carbocycles. The first-order chi connectivity index (χ1) is 5.76. The van der Waals surface area contributed by atoms with Crippen LogP contribution in [-0.4, -0.2) is 0 Å². The first-order valence-corrected chi connectivity index (χ1v) is 4.79. The SMILES string of the molecule is C\C=C(SN)/C(N)=C\C=C\CC. The van der Waals surface area contributed by atoms with E-state index in [0.29, 0.717) is 0 Å². The van der Waals surface area contributed by atoms with Gasteiger partial charge in [-0.1, -0.05) is 25.2 Å². The third kappa shape index (κ3) is 4.26. The maximum atomic E-state index is 5.72. The van der Waals surface area contributed by atoms with Gasteiger partial charge in [-0.2, -0.15) is 0 Å². The van der Waals surface area contributed by atoms with Crippen molar-refractivity contribution in [3.05, 3.63) is 34.9 Å². The molecule has 0 amide bonds. The van der Waals surface area contributed by atoms with Crippen molar-refractivity contribution >= 4 is 11.9 Å². The number of nitrogens with two attached hydrogens (primary N) is 2. The van der Waals surface area contributed by atoms with Crippen molar-refractivity contribution < 1.29 is 0 Å². The van der Waals surface area contributed by atoms with E-state index in [4.69, 9.17) is 10.9 Å². The summed E-state index contributed by atoms with van der Waals surface area (Å²) < 4.78 is 0. The molecule has 2 nitrogen and oxygen atoms in total. The van der Waals surface area contributed by atoms with E-state index in [9.17, 15) is 0 Å². The lowest BCUT2D eigenvalue weighted by Crippen LogP contribution is -1.99. The summed E-state index contributed by atoms with van der Waals surface area (Å²) in [6, 6.07) is 0. The highest BCUT2D eigenvalue weighted by Gasteiger charge is 1.94. The van der Waals surface area contributed by atoms with E-state index in [2.05, 4.69) is 6.92 Å². The normalized spacial score (nSPS) is 14.2. The van der Waals surface area contributed by atoms with E-state index in [1.807, 2.05) is 31.2 Å². The molecule has 0 saturated heterocycles. The number of allylic oxidation sites excluding steroid dienone is 4. The second-order valence-electron chi connectivity index (χ2n) is 2.23. The van der Waals surface area contributed by atoms with Crippen LogP contribution in [0.1, 0.15) is 20.3 Å². The van der Waals surface area contributed by atoms with Gasteiger partial charge in [0.25, 0.3) is 0 Å². The van der Waals surface area contributed by atoms with E-state index in [-0.39, 0.29) is 0 Å². The molecule has 0 radical (unpaired) electrons. The lowest BCUT2D eigenvalue weighted by Gasteiger charge is -2.00. The average molecular weight is 184 g/mol.